The first-order chi connectivity index (χ1) is 8.45. The molecule has 100 valence electrons. The maximum atomic E-state index is 11.7. The molecule has 0 spiro atoms. The van der Waals surface area contributed by atoms with Gasteiger partial charge in [0.2, 0.25) is 0 Å². The van der Waals surface area contributed by atoms with Gasteiger partial charge < -0.3 is 10.2 Å². The Kier molecular flexibility index (Phi) is 5.93. The molecule has 0 radical (unpaired) electrons. The van der Waals surface area contributed by atoms with Gasteiger partial charge in [-0.3, -0.25) is 4.79 Å². The van der Waals surface area contributed by atoms with Crippen molar-refractivity contribution in [3.8, 4) is 0 Å². The number of benzene rings is 1. The van der Waals surface area contributed by atoms with E-state index in [1.807, 2.05) is 33.0 Å². The van der Waals surface area contributed by atoms with E-state index >= 15 is 0 Å². The molecular weight excluding hydrogens is 271 g/mol. The second-order valence-corrected chi connectivity index (χ2v) is 5.22. The molecule has 0 aliphatic rings. The molecule has 5 heteroatoms. The van der Waals surface area contributed by atoms with Crippen molar-refractivity contribution in [1.29, 1.82) is 0 Å². The van der Waals surface area contributed by atoms with Crippen molar-refractivity contribution in [3.05, 3.63) is 33.8 Å². The lowest BCUT2D eigenvalue weighted by Crippen LogP contribution is -3.12. The van der Waals surface area contributed by atoms with Crippen LogP contribution in [0.5, 0.6) is 0 Å². The molecule has 0 saturated carbocycles. The summed E-state index contributed by atoms with van der Waals surface area (Å²) in [4.78, 5) is 12.8. The topological polar surface area (TPSA) is 33.5 Å². The molecule has 0 fully saturated rings. The van der Waals surface area contributed by atoms with Gasteiger partial charge in [-0.15, -0.1) is 0 Å². The van der Waals surface area contributed by atoms with E-state index in [1.165, 1.54) is 0 Å². The summed E-state index contributed by atoms with van der Waals surface area (Å²) in [6.07, 6.45) is 0. The molecule has 0 saturated heterocycles. The number of hydrogen-bond acceptors (Lipinski definition) is 1. The standard InChI is InChI=1S/C13H18Cl2N2O/c1-4-16-13(18)9(2)17(3)8-10-5-6-11(14)7-12(10)15/h5-7,9H,4,8H2,1-3H3,(H,16,18)/p+1/t9-/m1/s1. The highest BCUT2D eigenvalue weighted by atomic mass is 35.5. The first kappa shape index (κ1) is 15.3. The summed E-state index contributed by atoms with van der Waals surface area (Å²) in [5.74, 6) is 0.0556. The van der Waals surface area contributed by atoms with Crippen LogP contribution < -0.4 is 10.2 Å². The number of amides is 1. The smallest absolute Gasteiger partial charge is 0.278 e. The second-order valence-electron chi connectivity index (χ2n) is 4.38. The SMILES string of the molecule is CCNC(=O)[C@@H](C)[NH+](C)Cc1ccc(Cl)cc1Cl. The van der Waals surface area contributed by atoms with E-state index in [-0.39, 0.29) is 11.9 Å². The zero-order valence-corrected chi connectivity index (χ0v) is 12.4. The minimum absolute atomic E-state index is 0.0556. The minimum atomic E-state index is -0.114. The number of likely N-dealkylation sites (N-methyl/N-ethyl adjacent to an activating group) is 2. The predicted octanol–water partition coefficient (Wildman–Crippen LogP) is 1.53. The quantitative estimate of drug-likeness (QED) is 0.847. The van der Waals surface area contributed by atoms with Gasteiger partial charge in [0.25, 0.3) is 5.91 Å². The molecule has 1 aromatic carbocycles. The third-order valence-corrected chi connectivity index (χ3v) is 3.55. The van der Waals surface area contributed by atoms with Crippen LogP contribution in [0.2, 0.25) is 10.0 Å². The number of hydrogen-bond donors (Lipinski definition) is 2. The highest BCUT2D eigenvalue weighted by molar-refractivity contribution is 6.35. The Hall–Kier alpha value is -0.770. The number of carbonyl (C=O) groups is 1. The molecule has 2 atom stereocenters. The zero-order valence-electron chi connectivity index (χ0n) is 10.9. The Morgan fingerprint density at radius 1 is 1.44 bits per heavy atom. The van der Waals surface area contributed by atoms with Gasteiger partial charge in [-0.1, -0.05) is 29.3 Å². The molecule has 1 aromatic rings. The maximum absolute atomic E-state index is 11.7. The van der Waals surface area contributed by atoms with Gasteiger partial charge in [-0.2, -0.15) is 0 Å². The van der Waals surface area contributed by atoms with Gasteiger partial charge >= 0.3 is 0 Å². The fraction of sp³-hybridized carbons (Fsp3) is 0.462. The summed E-state index contributed by atoms with van der Waals surface area (Å²) in [6.45, 7) is 5.16. The fourth-order valence-corrected chi connectivity index (χ4v) is 2.14. The van der Waals surface area contributed by atoms with E-state index in [0.717, 1.165) is 10.5 Å². The number of halogens is 2. The minimum Gasteiger partial charge on any atom is -0.351 e. The van der Waals surface area contributed by atoms with E-state index in [4.69, 9.17) is 23.2 Å². The van der Waals surface area contributed by atoms with Crippen LogP contribution >= 0.6 is 23.2 Å². The van der Waals surface area contributed by atoms with E-state index in [2.05, 4.69) is 5.32 Å². The number of rotatable bonds is 5. The van der Waals surface area contributed by atoms with Crippen molar-refractivity contribution in [1.82, 2.24) is 5.32 Å². The number of carbonyl (C=O) groups excluding carboxylic acids is 1. The van der Waals surface area contributed by atoms with Crippen molar-refractivity contribution in [3.63, 3.8) is 0 Å². The molecule has 2 N–H and O–H groups in total. The zero-order chi connectivity index (χ0) is 13.7. The van der Waals surface area contributed by atoms with Crippen molar-refractivity contribution in [2.75, 3.05) is 13.6 Å². The lowest BCUT2D eigenvalue weighted by molar-refractivity contribution is -0.908. The molecule has 0 aliphatic carbocycles. The fourth-order valence-electron chi connectivity index (χ4n) is 1.67. The third kappa shape index (κ3) is 4.16. The number of quaternary nitrogens is 1. The summed E-state index contributed by atoms with van der Waals surface area (Å²) in [6, 6.07) is 5.32. The van der Waals surface area contributed by atoms with E-state index in [1.54, 1.807) is 6.07 Å². The van der Waals surface area contributed by atoms with Crippen LogP contribution in [0.1, 0.15) is 19.4 Å². The Balaban J connectivity index is 2.69. The molecular formula is C13H19Cl2N2O+. The molecule has 1 rings (SSSR count). The van der Waals surface area contributed by atoms with Crippen molar-refractivity contribution in [2.45, 2.75) is 26.4 Å². The molecule has 0 aliphatic heterocycles. The summed E-state index contributed by atoms with van der Waals surface area (Å²) in [7, 11) is 1.98. The van der Waals surface area contributed by atoms with Crippen LogP contribution in [0, 0.1) is 0 Å². The van der Waals surface area contributed by atoms with Gasteiger partial charge in [0, 0.05) is 17.1 Å². The molecule has 18 heavy (non-hydrogen) atoms. The first-order valence-electron chi connectivity index (χ1n) is 5.99. The molecule has 1 amide bonds. The van der Waals surface area contributed by atoms with Gasteiger partial charge in [-0.25, -0.2) is 0 Å². The van der Waals surface area contributed by atoms with Crippen LogP contribution in [0.25, 0.3) is 0 Å². The average molecular weight is 290 g/mol. The normalized spacial score (nSPS) is 14.1. The average Bonchev–Trinajstić information content (AvgIpc) is 2.32. The molecule has 0 aromatic heterocycles. The van der Waals surface area contributed by atoms with Crippen molar-refractivity contribution < 1.29 is 9.69 Å². The molecule has 1 unspecified atom stereocenters. The summed E-state index contributed by atoms with van der Waals surface area (Å²) < 4.78 is 0. The largest absolute Gasteiger partial charge is 0.351 e. The van der Waals surface area contributed by atoms with Crippen LogP contribution in [-0.4, -0.2) is 25.5 Å². The Labute approximate surface area is 118 Å². The number of nitrogens with one attached hydrogen (secondary N) is 2. The Morgan fingerprint density at radius 2 is 2.11 bits per heavy atom. The van der Waals surface area contributed by atoms with Gasteiger partial charge in [0.15, 0.2) is 6.04 Å². The van der Waals surface area contributed by atoms with Crippen LogP contribution in [-0.2, 0) is 11.3 Å². The first-order valence-corrected chi connectivity index (χ1v) is 6.75. The van der Waals surface area contributed by atoms with Crippen molar-refractivity contribution in [2.24, 2.45) is 0 Å². The van der Waals surface area contributed by atoms with Gasteiger partial charge in [0.05, 0.1) is 12.1 Å². The van der Waals surface area contributed by atoms with E-state index < -0.39 is 0 Å². The lowest BCUT2D eigenvalue weighted by atomic mass is 10.2. The maximum Gasteiger partial charge on any atom is 0.278 e. The summed E-state index contributed by atoms with van der Waals surface area (Å²) in [5.41, 5.74) is 0.995. The summed E-state index contributed by atoms with van der Waals surface area (Å²) >= 11 is 12.0. The van der Waals surface area contributed by atoms with Crippen LogP contribution in [0.15, 0.2) is 18.2 Å². The van der Waals surface area contributed by atoms with E-state index in [0.29, 0.717) is 23.1 Å². The predicted molar refractivity (Wildman–Crippen MR) is 75.2 cm³/mol. The van der Waals surface area contributed by atoms with Crippen molar-refractivity contribution >= 4 is 29.1 Å². The van der Waals surface area contributed by atoms with E-state index in [9.17, 15) is 4.79 Å². The van der Waals surface area contributed by atoms with Crippen LogP contribution in [0.4, 0.5) is 0 Å². The van der Waals surface area contributed by atoms with Gasteiger partial charge in [-0.05, 0) is 26.0 Å². The Morgan fingerprint density at radius 3 is 2.67 bits per heavy atom. The van der Waals surface area contributed by atoms with Gasteiger partial charge in [0.1, 0.15) is 6.54 Å². The molecule has 3 nitrogen and oxygen atoms in total. The highest BCUT2D eigenvalue weighted by Gasteiger charge is 2.21. The monoisotopic (exact) mass is 289 g/mol. The van der Waals surface area contributed by atoms with Crippen LogP contribution in [0.3, 0.4) is 0 Å². The second kappa shape index (κ2) is 6.98. The Bertz CT molecular complexity index is 423. The molecule has 0 bridgehead atoms. The lowest BCUT2D eigenvalue weighted by Gasteiger charge is -2.21. The summed E-state index contributed by atoms with van der Waals surface area (Å²) in [5, 5.41) is 4.09. The molecule has 0 heterocycles. The third-order valence-electron chi connectivity index (χ3n) is 2.97. The highest BCUT2D eigenvalue weighted by Crippen LogP contribution is 2.20.